The smallest absolute Gasteiger partial charge is 0.330 e. The highest BCUT2D eigenvalue weighted by atomic mass is 16.6. The van der Waals surface area contributed by atoms with E-state index in [1.54, 1.807) is 48.5 Å². The van der Waals surface area contributed by atoms with Crippen molar-refractivity contribution in [3.8, 4) is 0 Å². The number of hydrogen-bond acceptors (Lipinski definition) is 6. The van der Waals surface area contributed by atoms with Crippen molar-refractivity contribution in [1.82, 2.24) is 0 Å². The Bertz CT molecular complexity index is 942. The van der Waals surface area contributed by atoms with Gasteiger partial charge in [-0.15, -0.1) is 0 Å². The van der Waals surface area contributed by atoms with Gasteiger partial charge in [-0.2, -0.15) is 0 Å². The largest absolute Gasteiger partial charge is 0.460 e. The van der Waals surface area contributed by atoms with Gasteiger partial charge in [0.1, 0.15) is 13.2 Å². The molecule has 0 amide bonds. The van der Waals surface area contributed by atoms with Crippen molar-refractivity contribution in [1.29, 1.82) is 0 Å². The number of nitrogens with zero attached hydrogens (tertiary/aromatic N) is 6. The summed E-state index contributed by atoms with van der Waals surface area (Å²) in [6.45, 7) is -0.228. The number of hydrogen-bond donors (Lipinski definition) is 0. The molecule has 2 aromatic carbocycles. The van der Waals surface area contributed by atoms with E-state index < -0.39 is 17.5 Å². The summed E-state index contributed by atoms with van der Waals surface area (Å²) in [5.41, 5.74) is 16.5. The van der Waals surface area contributed by atoms with E-state index in [4.69, 9.17) is 20.5 Å². The molecule has 0 heterocycles. The van der Waals surface area contributed by atoms with Crippen molar-refractivity contribution in [3.05, 3.63) is 105 Å². The third kappa shape index (κ3) is 6.93. The second kappa shape index (κ2) is 12.3. The number of ether oxygens (including phenoxy) is 2. The van der Waals surface area contributed by atoms with E-state index in [1.807, 2.05) is 12.1 Å². The molecule has 0 radical (unpaired) electrons. The Kier molecular flexibility index (Phi) is 9.16. The molecule has 0 saturated carbocycles. The van der Waals surface area contributed by atoms with Gasteiger partial charge < -0.3 is 9.47 Å². The second-order valence-corrected chi connectivity index (χ2v) is 6.26. The predicted molar refractivity (Wildman–Crippen MR) is 112 cm³/mol. The lowest BCUT2D eigenvalue weighted by atomic mass is 9.96. The highest BCUT2D eigenvalue weighted by Gasteiger charge is 2.48. The lowest BCUT2D eigenvalue weighted by molar-refractivity contribution is -0.165. The molecular formula is C21H20N6O4. The summed E-state index contributed by atoms with van der Waals surface area (Å²) < 4.78 is 10.6. The van der Waals surface area contributed by atoms with E-state index in [-0.39, 0.29) is 26.2 Å². The van der Waals surface area contributed by atoms with Crippen LogP contribution in [0.2, 0.25) is 0 Å². The number of benzene rings is 2. The Morgan fingerprint density at radius 3 is 1.81 bits per heavy atom. The lowest BCUT2D eigenvalue weighted by Gasteiger charge is -2.23. The van der Waals surface area contributed by atoms with Crippen LogP contribution in [0.3, 0.4) is 0 Å². The first-order valence-corrected chi connectivity index (χ1v) is 9.27. The highest BCUT2D eigenvalue weighted by molar-refractivity contribution is 6.05. The van der Waals surface area contributed by atoms with Crippen molar-refractivity contribution in [2.75, 3.05) is 6.54 Å². The van der Waals surface area contributed by atoms with Crippen LogP contribution in [0.5, 0.6) is 0 Å². The Morgan fingerprint density at radius 2 is 1.35 bits per heavy atom. The zero-order valence-corrected chi connectivity index (χ0v) is 16.6. The van der Waals surface area contributed by atoms with Crippen LogP contribution in [0.1, 0.15) is 17.5 Å². The number of esters is 2. The highest BCUT2D eigenvalue weighted by Crippen LogP contribution is 2.24. The quantitative estimate of drug-likeness (QED) is 0.128. The fourth-order valence-corrected chi connectivity index (χ4v) is 2.55. The maximum absolute atomic E-state index is 12.9. The van der Waals surface area contributed by atoms with Gasteiger partial charge in [0.25, 0.3) is 0 Å². The van der Waals surface area contributed by atoms with Crippen LogP contribution in [-0.2, 0) is 32.3 Å². The van der Waals surface area contributed by atoms with Crippen LogP contribution in [0.15, 0.2) is 83.0 Å². The molecule has 0 spiro atoms. The Hall–Kier alpha value is -4.26. The van der Waals surface area contributed by atoms with Crippen molar-refractivity contribution >= 4 is 11.9 Å². The summed E-state index contributed by atoms with van der Waals surface area (Å²) in [7, 11) is 0. The summed E-state index contributed by atoms with van der Waals surface area (Å²) in [6, 6.07) is 17.7. The summed E-state index contributed by atoms with van der Waals surface area (Å²) in [5, 5.41) is 6.81. The molecule has 0 atom stereocenters. The molecule has 0 fully saturated rings. The van der Waals surface area contributed by atoms with Crippen LogP contribution >= 0.6 is 0 Å². The van der Waals surface area contributed by atoms with Crippen LogP contribution in [-0.4, -0.2) is 24.0 Å². The molecule has 0 saturated heterocycles. The molecule has 0 aliphatic rings. The SMILES string of the molecule is [N-]=[N+]=NC/C=C/CC(N=[N+]=[N-])(C(=O)OCc1ccccc1)C(=O)OCc1ccccc1. The van der Waals surface area contributed by atoms with Crippen molar-refractivity contribution in [2.45, 2.75) is 25.2 Å². The van der Waals surface area contributed by atoms with Crippen LogP contribution in [0, 0.1) is 0 Å². The molecule has 2 aromatic rings. The molecule has 0 aliphatic heterocycles. The molecule has 0 N–H and O–H groups in total. The average molecular weight is 420 g/mol. The van der Waals surface area contributed by atoms with E-state index >= 15 is 0 Å². The molecule has 158 valence electrons. The summed E-state index contributed by atoms with van der Waals surface area (Å²) >= 11 is 0. The average Bonchev–Trinajstić information content (AvgIpc) is 2.81. The molecule has 0 aliphatic carbocycles. The van der Waals surface area contributed by atoms with Crippen molar-refractivity contribution in [3.63, 3.8) is 0 Å². The fourth-order valence-electron chi connectivity index (χ4n) is 2.55. The minimum atomic E-state index is -2.26. The Balaban J connectivity index is 2.23. The van der Waals surface area contributed by atoms with Crippen molar-refractivity contribution in [2.24, 2.45) is 10.2 Å². The number of azide groups is 2. The monoisotopic (exact) mass is 420 g/mol. The maximum atomic E-state index is 12.9. The van der Waals surface area contributed by atoms with Crippen molar-refractivity contribution < 1.29 is 19.1 Å². The van der Waals surface area contributed by atoms with Gasteiger partial charge in [-0.05, 0) is 28.6 Å². The first-order valence-electron chi connectivity index (χ1n) is 9.27. The molecular weight excluding hydrogens is 400 g/mol. The Morgan fingerprint density at radius 1 is 0.839 bits per heavy atom. The fraction of sp³-hybridized carbons (Fsp3) is 0.238. The summed E-state index contributed by atoms with van der Waals surface area (Å²) in [4.78, 5) is 31.1. The third-order valence-electron chi connectivity index (χ3n) is 4.15. The molecule has 10 nitrogen and oxygen atoms in total. The van der Waals surface area contributed by atoms with Crippen LogP contribution in [0.25, 0.3) is 20.9 Å². The van der Waals surface area contributed by atoms with Crippen LogP contribution < -0.4 is 0 Å². The molecule has 2 rings (SSSR count). The van der Waals surface area contributed by atoms with Gasteiger partial charge in [0.2, 0.25) is 5.54 Å². The van der Waals surface area contributed by atoms with Gasteiger partial charge in [-0.1, -0.05) is 83.0 Å². The topological polar surface area (TPSA) is 150 Å². The zero-order chi connectivity index (χ0) is 22.4. The molecule has 10 heteroatoms. The lowest BCUT2D eigenvalue weighted by Crippen LogP contribution is -2.46. The molecule has 0 bridgehead atoms. The first-order chi connectivity index (χ1) is 15.1. The predicted octanol–water partition coefficient (Wildman–Crippen LogP) is 4.78. The number of rotatable bonds is 11. The van der Waals surface area contributed by atoms with Gasteiger partial charge in [0, 0.05) is 16.4 Å². The number of carbonyl (C=O) groups excluding carboxylic acids is 2. The van der Waals surface area contributed by atoms with E-state index in [1.165, 1.54) is 12.2 Å². The molecule has 0 unspecified atom stereocenters. The van der Waals surface area contributed by atoms with Gasteiger partial charge in [-0.25, -0.2) is 0 Å². The van der Waals surface area contributed by atoms with E-state index in [9.17, 15) is 9.59 Å². The second-order valence-electron chi connectivity index (χ2n) is 6.26. The van der Waals surface area contributed by atoms with Crippen LogP contribution in [0.4, 0.5) is 0 Å². The molecule has 0 aromatic heterocycles. The Labute approximate surface area is 178 Å². The van der Waals surface area contributed by atoms with Gasteiger partial charge in [0.15, 0.2) is 0 Å². The standard InChI is InChI=1S/C21H20N6O4/c22-26-24-14-8-7-13-21(25-27-23,19(28)30-15-17-9-3-1-4-10-17)20(29)31-16-18-11-5-2-6-12-18/h1-12H,13-16H2/b8-7+. The first kappa shape index (κ1) is 23.0. The van der Waals surface area contributed by atoms with E-state index in [0.29, 0.717) is 11.1 Å². The van der Waals surface area contributed by atoms with E-state index in [2.05, 4.69) is 20.1 Å². The van der Waals surface area contributed by atoms with Gasteiger partial charge in [-0.3, -0.25) is 9.59 Å². The zero-order valence-electron chi connectivity index (χ0n) is 16.6. The maximum Gasteiger partial charge on any atom is 0.330 e. The summed E-state index contributed by atoms with van der Waals surface area (Å²) in [5.74, 6) is -2.08. The third-order valence-corrected chi connectivity index (χ3v) is 4.15. The normalized spacial score (nSPS) is 10.6. The number of carbonyl (C=O) groups is 2. The molecule has 31 heavy (non-hydrogen) atoms. The van der Waals surface area contributed by atoms with Gasteiger partial charge in [0.05, 0.1) is 0 Å². The summed E-state index contributed by atoms with van der Waals surface area (Å²) in [6.07, 6.45) is 2.52. The minimum absolute atomic E-state index is 0.000966. The van der Waals surface area contributed by atoms with Gasteiger partial charge >= 0.3 is 11.9 Å². The van der Waals surface area contributed by atoms with E-state index in [0.717, 1.165) is 0 Å². The minimum Gasteiger partial charge on any atom is -0.460 e.